The van der Waals surface area contributed by atoms with Gasteiger partial charge in [0.2, 0.25) is 5.91 Å². The Balaban J connectivity index is 1.51. The quantitative estimate of drug-likeness (QED) is 0.843. The average Bonchev–Trinajstić information content (AvgIpc) is 2.65. The summed E-state index contributed by atoms with van der Waals surface area (Å²) in [5.41, 5.74) is 2.28. The van der Waals surface area contributed by atoms with Crippen LogP contribution in [0.2, 0.25) is 10.0 Å². The van der Waals surface area contributed by atoms with Crippen LogP contribution >= 0.6 is 23.2 Å². The van der Waals surface area contributed by atoms with Crippen molar-refractivity contribution < 1.29 is 9.59 Å². The van der Waals surface area contributed by atoms with Crippen LogP contribution in [-0.4, -0.2) is 54.3 Å². The summed E-state index contributed by atoms with van der Waals surface area (Å²) in [5.74, 6) is -0.119. The zero-order valence-corrected chi connectivity index (χ0v) is 16.6. The molecular weight excluding hydrogens is 385 g/mol. The van der Waals surface area contributed by atoms with Crippen LogP contribution in [0.4, 0.5) is 5.69 Å². The summed E-state index contributed by atoms with van der Waals surface area (Å²) >= 11 is 12.0. The minimum absolute atomic E-state index is 0.0313. The fourth-order valence-electron chi connectivity index (χ4n) is 3.03. The maximum absolute atomic E-state index is 12.5. The molecule has 3 rings (SSSR count). The smallest absolute Gasteiger partial charge is 0.253 e. The monoisotopic (exact) mass is 405 g/mol. The van der Waals surface area contributed by atoms with Gasteiger partial charge in [-0.15, -0.1) is 0 Å². The van der Waals surface area contributed by atoms with Gasteiger partial charge in [-0.3, -0.25) is 14.5 Å². The van der Waals surface area contributed by atoms with E-state index in [0.29, 0.717) is 41.8 Å². The molecule has 0 radical (unpaired) electrons. The minimum Gasteiger partial charge on any atom is -0.336 e. The van der Waals surface area contributed by atoms with Crippen molar-refractivity contribution >= 4 is 40.7 Å². The Hall–Kier alpha value is -2.08. The van der Waals surface area contributed by atoms with Gasteiger partial charge in [-0.1, -0.05) is 35.3 Å². The van der Waals surface area contributed by atoms with Crippen molar-refractivity contribution in [1.82, 2.24) is 9.80 Å². The number of hydrogen-bond donors (Lipinski definition) is 1. The maximum atomic E-state index is 12.5. The molecule has 1 aliphatic rings. The molecule has 27 heavy (non-hydrogen) atoms. The summed E-state index contributed by atoms with van der Waals surface area (Å²) in [5, 5.41) is 4.04. The van der Waals surface area contributed by atoms with E-state index < -0.39 is 0 Å². The molecule has 7 heteroatoms. The van der Waals surface area contributed by atoms with Crippen LogP contribution in [0.5, 0.6) is 0 Å². The highest BCUT2D eigenvalue weighted by Gasteiger charge is 2.23. The number of hydrogen-bond acceptors (Lipinski definition) is 3. The lowest BCUT2D eigenvalue weighted by atomic mass is 10.2. The first-order chi connectivity index (χ1) is 12.9. The van der Waals surface area contributed by atoms with Crippen molar-refractivity contribution in [1.29, 1.82) is 0 Å². The molecule has 0 aliphatic carbocycles. The summed E-state index contributed by atoms with van der Waals surface area (Å²) in [7, 11) is 0. The first-order valence-corrected chi connectivity index (χ1v) is 9.51. The highest BCUT2D eigenvalue weighted by Crippen LogP contribution is 2.20. The molecule has 2 aromatic rings. The van der Waals surface area contributed by atoms with E-state index in [1.54, 1.807) is 41.3 Å². The Morgan fingerprint density at radius 1 is 1.00 bits per heavy atom. The first-order valence-electron chi connectivity index (χ1n) is 8.75. The van der Waals surface area contributed by atoms with Gasteiger partial charge >= 0.3 is 0 Å². The second kappa shape index (κ2) is 8.74. The van der Waals surface area contributed by atoms with Crippen LogP contribution in [0, 0.1) is 6.92 Å². The topological polar surface area (TPSA) is 52.7 Å². The Kier molecular flexibility index (Phi) is 6.37. The van der Waals surface area contributed by atoms with E-state index in [-0.39, 0.29) is 18.4 Å². The van der Waals surface area contributed by atoms with E-state index in [4.69, 9.17) is 23.2 Å². The number of benzene rings is 2. The molecule has 0 saturated carbocycles. The average molecular weight is 406 g/mol. The summed E-state index contributed by atoms with van der Waals surface area (Å²) < 4.78 is 0. The van der Waals surface area contributed by atoms with Gasteiger partial charge in [0.1, 0.15) is 0 Å². The van der Waals surface area contributed by atoms with Crippen LogP contribution in [-0.2, 0) is 4.79 Å². The molecule has 0 unspecified atom stereocenters. The second-order valence-electron chi connectivity index (χ2n) is 6.59. The van der Waals surface area contributed by atoms with Crippen LogP contribution in [0.15, 0.2) is 42.5 Å². The van der Waals surface area contributed by atoms with Crippen molar-refractivity contribution in [3.8, 4) is 0 Å². The molecule has 1 fully saturated rings. The molecule has 1 saturated heterocycles. The molecule has 142 valence electrons. The number of nitrogens with one attached hydrogen (secondary N) is 1. The molecule has 0 atom stereocenters. The van der Waals surface area contributed by atoms with Gasteiger partial charge in [0.15, 0.2) is 0 Å². The Morgan fingerprint density at radius 3 is 2.41 bits per heavy atom. The first kappa shape index (κ1) is 19.7. The number of piperazine rings is 1. The van der Waals surface area contributed by atoms with Crippen LogP contribution in [0.25, 0.3) is 0 Å². The van der Waals surface area contributed by atoms with Crippen molar-refractivity contribution in [2.45, 2.75) is 6.92 Å². The van der Waals surface area contributed by atoms with Gasteiger partial charge in [-0.05, 0) is 42.8 Å². The van der Waals surface area contributed by atoms with Crippen LogP contribution in [0.1, 0.15) is 15.9 Å². The van der Waals surface area contributed by atoms with Crippen molar-refractivity contribution in [2.24, 2.45) is 0 Å². The highest BCUT2D eigenvalue weighted by molar-refractivity contribution is 6.31. The normalized spacial score (nSPS) is 14.9. The van der Waals surface area contributed by atoms with Gasteiger partial charge in [-0.2, -0.15) is 0 Å². The van der Waals surface area contributed by atoms with Crippen LogP contribution in [0.3, 0.4) is 0 Å². The van der Waals surface area contributed by atoms with E-state index >= 15 is 0 Å². The van der Waals surface area contributed by atoms with Gasteiger partial charge in [0.25, 0.3) is 5.91 Å². The van der Waals surface area contributed by atoms with E-state index in [1.807, 2.05) is 17.9 Å². The molecule has 1 aliphatic heterocycles. The van der Waals surface area contributed by atoms with Crippen molar-refractivity contribution in [3.63, 3.8) is 0 Å². The molecule has 0 spiro atoms. The van der Waals surface area contributed by atoms with Crippen LogP contribution < -0.4 is 5.32 Å². The molecular formula is C20H21Cl2N3O2. The lowest BCUT2D eigenvalue weighted by Gasteiger charge is -2.34. The molecule has 2 amide bonds. The largest absolute Gasteiger partial charge is 0.336 e. The third kappa shape index (κ3) is 5.22. The third-order valence-corrected chi connectivity index (χ3v) is 5.04. The highest BCUT2D eigenvalue weighted by atomic mass is 35.5. The summed E-state index contributed by atoms with van der Waals surface area (Å²) in [6.07, 6.45) is 0. The Labute approximate surface area is 168 Å². The lowest BCUT2D eigenvalue weighted by molar-refractivity contribution is -0.117. The fourth-order valence-corrected chi connectivity index (χ4v) is 3.40. The summed E-state index contributed by atoms with van der Waals surface area (Å²) in [6.45, 7) is 4.66. The van der Waals surface area contributed by atoms with E-state index in [9.17, 15) is 9.59 Å². The standard InChI is InChI=1S/C20H21Cl2N3O2/c1-14-5-6-17(22)12-18(14)23-19(26)13-24-7-9-25(10-8-24)20(27)15-3-2-4-16(21)11-15/h2-6,11-12H,7-10,13H2,1H3,(H,23,26). The summed E-state index contributed by atoms with van der Waals surface area (Å²) in [6, 6.07) is 12.4. The second-order valence-corrected chi connectivity index (χ2v) is 7.46. The molecule has 2 aromatic carbocycles. The number of halogens is 2. The number of rotatable bonds is 4. The van der Waals surface area contributed by atoms with E-state index in [0.717, 1.165) is 11.3 Å². The van der Waals surface area contributed by atoms with E-state index in [2.05, 4.69) is 5.32 Å². The predicted octanol–water partition coefficient (Wildman–Crippen LogP) is 3.70. The molecule has 0 bridgehead atoms. The molecule has 0 aromatic heterocycles. The fraction of sp³-hybridized carbons (Fsp3) is 0.300. The molecule has 1 heterocycles. The zero-order valence-electron chi connectivity index (χ0n) is 15.0. The SMILES string of the molecule is Cc1ccc(Cl)cc1NC(=O)CN1CCN(C(=O)c2cccc(Cl)c2)CC1. The van der Waals surface area contributed by atoms with Gasteiger partial charge in [0, 0.05) is 47.5 Å². The number of anilines is 1. The Morgan fingerprint density at radius 2 is 1.70 bits per heavy atom. The zero-order chi connectivity index (χ0) is 19.4. The predicted molar refractivity (Wildman–Crippen MR) is 109 cm³/mol. The summed E-state index contributed by atoms with van der Waals surface area (Å²) in [4.78, 5) is 28.7. The molecule has 5 nitrogen and oxygen atoms in total. The minimum atomic E-state index is -0.0880. The van der Waals surface area contributed by atoms with E-state index in [1.165, 1.54) is 0 Å². The lowest BCUT2D eigenvalue weighted by Crippen LogP contribution is -2.50. The number of amides is 2. The third-order valence-electron chi connectivity index (χ3n) is 4.57. The van der Waals surface area contributed by atoms with Crippen molar-refractivity contribution in [3.05, 3.63) is 63.6 Å². The number of carbonyl (C=O) groups is 2. The van der Waals surface area contributed by atoms with Gasteiger partial charge in [-0.25, -0.2) is 0 Å². The number of carbonyl (C=O) groups excluding carboxylic acids is 2. The Bertz CT molecular complexity index is 849. The number of aryl methyl sites for hydroxylation is 1. The van der Waals surface area contributed by atoms with Gasteiger partial charge < -0.3 is 10.2 Å². The maximum Gasteiger partial charge on any atom is 0.253 e. The number of nitrogens with zero attached hydrogens (tertiary/aromatic N) is 2. The van der Waals surface area contributed by atoms with Crippen molar-refractivity contribution in [2.75, 3.05) is 38.0 Å². The molecule has 1 N–H and O–H groups in total. The van der Waals surface area contributed by atoms with Gasteiger partial charge in [0.05, 0.1) is 6.54 Å².